The van der Waals surface area contributed by atoms with Gasteiger partial charge >= 0.3 is 4.87 Å². The van der Waals surface area contributed by atoms with Crippen LogP contribution in [0.4, 0.5) is 0 Å². The van der Waals surface area contributed by atoms with E-state index in [9.17, 15) is 13.2 Å². The standard InChI is InChI=1S/C23H27N3O3S2/c1-18(2)26-21-11-10-20(17-22(21)30-23(26)27)31(28,29)25-15-13-24(14-16-25)12-6-9-19-7-4-3-5-8-19/h3-11,17-18H,12-16H2,1-2H3/b9-6+. The Morgan fingerprint density at radius 1 is 1.03 bits per heavy atom. The molecule has 1 saturated heterocycles. The van der Waals surface area contributed by atoms with Gasteiger partial charge in [0.05, 0.1) is 15.1 Å². The van der Waals surface area contributed by atoms with E-state index in [1.165, 1.54) is 0 Å². The third kappa shape index (κ3) is 4.67. The Labute approximate surface area is 187 Å². The molecule has 1 aliphatic rings. The lowest BCUT2D eigenvalue weighted by Crippen LogP contribution is -2.48. The zero-order valence-electron chi connectivity index (χ0n) is 17.8. The predicted octanol–water partition coefficient (Wildman–Crippen LogP) is 3.66. The molecule has 8 heteroatoms. The van der Waals surface area contributed by atoms with Gasteiger partial charge in [-0.05, 0) is 37.6 Å². The van der Waals surface area contributed by atoms with Crippen molar-refractivity contribution in [1.82, 2.24) is 13.8 Å². The third-order valence-electron chi connectivity index (χ3n) is 5.54. The lowest BCUT2D eigenvalue weighted by molar-refractivity contribution is 0.204. The minimum Gasteiger partial charge on any atom is -0.297 e. The molecule has 0 N–H and O–H groups in total. The highest BCUT2D eigenvalue weighted by Gasteiger charge is 2.28. The number of sulfonamides is 1. The maximum atomic E-state index is 13.2. The van der Waals surface area contributed by atoms with E-state index < -0.39 is 10.0 Å². The van der Waals surface area contributed by atoms with Crippen LogP contribution in [-0.4, -0.2) is 54.9 Å². The van der Waals surface area contributed by atoms with Gasteiger partial charge in [-0.1, -0.05) is 53.8 Å². The van der Waals surface area contributed by atoms with Crippen LogP contribution < -0.4 is 4.87 Å². The number of hydrogen-bond donors (Lipinski definition) is 0. The Morgan fingerprint density at radius 2 is 1.74 bits per heavy atom. The van der Waals surface area contributed by atoms with Gasteiger partial charge in [-0.3, -0.25) is 14.3 Å². The SMILES string of the molecule is CC(C)n1c(=O)sc2cc(S(=O)(=O)N3CCN(C/C=C/c4ccccc4)CC3)ccc21. The van der Waals surface area contributed by atoms with Gasteiger partial charge < -0.3 is 0 Å². The Bertz CT molecular complexity index is 1240. The van der Waals surface area contributed by atoms with E-state index in [1.54, 1.807) is 27.1 Å². The van der Waals surface area contributed by atoms with Crippen LogP contribution in [0.25, 0.3) is 16.3 Å². The van der Waals surface area contributed by atoms with Crippen molar-refractivity contribution in [2.75, 3.05) is 32.7 Å². The molecule has 2 aromatic carbocycles. The number of aromatic nitrogens is 1. The van der Waals surface area contributed by atoms with Gasteiger partial charge in [-0.2, -0.15) is 4.31 Å². The molecule has 164 valence electrons. The van der Waals surface area contributed by atoms with Crippen molar-refractivity contribution in [1.29, 1.82) is 0 Å². The summed E-state index contributed by atoms with van der Waals surface area (Å²) in [5, 5.41) is 0. The number of benzene rings is 2. The second kappa shape index (κ2) is 9.08. The number of piperazine rings is 1. The van der Waals surface area contributed by atoms with Crippen LogP contribution in [0.3, 0.4) is 0 Å². The Hall–Kier alpha value is -2.26. The smallest absolute Gasteiger partial charge is 0.297 e. The monoisotopic (exact) mass is 457 g/mol. The number of rotatable bonds is 6. The number of fused-ring (bicyclic) bond motifs is 1. The summed E-state index contributed by atoms with van der Waals surface area (Å²) in [4.78, 5) is 14.7. The van der Waals surface area contributed by atoms with E-state index in [2.05, 4.69) is 29.2 Å². The first kappa shape index (κ1) is 22.0. The average Bonchev–Trinajstić information content (AvgIpc) is 3.10. The maximum Gasteiger partial charge on any atom is 0.308 e. The van der Waals surface area contributed by atoms with Gasteiger partial charge in [0.25, 0.3) is 0 Å². The van der Waals surface area contributed by atoms with Crippen LogP contribution in [0.5, 0.6) is 0 Å². The van der Waals surface area contributed by atoms with E-state index in [-0.39, 0.29) is 15.8 Å². The zero-order chi connectivity index (χ0) is 22.0. The highest BCUT2D eigenvalue weighted by atomic mass is 32.2. The molecular formula is C23H27N3O3S2. The fourth-order valence-corrected chi connectivity index (χ4v) is 6.45. The molecule has 4 rings (SSSR count). The number of nitrogens with zero attached hydrogens (tertiary/aromatic N) is 3. The zero-order valence-corrected chi connectivity index (χ0v) is 19.4. The molecule has 0 atom stereocenters. The molecule has 6 nitrogen and oxygen atoms in total. The molecule has 0 amide bonds. The van der Waals surface area contributed by atoms with Crippen LogP contribution in [0.2, 0.25) is 0 Å². The molecule has 0 saturated carbocycles. The molecule has 31 heavy (non-hydrogen) atoms. The van der Waals surface area contributed by atoms with E-state index in [0.717, 1.165) is 29.0 Å². The van der Waals surface area contributed by atoms with Gasteiger partial charge in [0, 0.05) is 38.8 Å². The molecule has 0 radical (unpaired) electrons. The van der Waals surface area contributed by atoms with Gasteiger partial charge in [-0.15, -0.1) is 0 Å². The van der Waals surface area contributed by atoms with E-state index in [4.69, 9.17) is 0 Å². The summed E-state index contributed by atoms with van der Waals surface area (Å²) in [6.07, 6.45) is 4.21. The first-order chi connectivity index (χ1) is 14.9. The molecule has 0 bridgehead atoms. The van der Waals surface area contributed by atoms with Crippen LogP contribution in [0, 0.1) is 0 Å². The first-order valence-corrected chi connectivity index (χ1v) is 12.7. The maximum absolute atomic E-state index is 13.2. The van der Waals surface area contributed by atoms with Gasteiger partial charge in [0.1, 0.15) is 0 Å². The van der Waals surface area contributed by atoms with E-state index in [0.29, 0.717) is 30.9 Å². The molecule has 2 heterocycles. The highest BCUT2D eigenvalue weighted by molar-refractivity contribution is 7.89. The summed E-state index contributed by atoms with van der Waals surface area (Å²) in [6, 6.07) is 15.2. The molecule has 0 aliphatic carbocycles. The molecule has 3 aromatic rings. The lowest BCUT2D eigenvalue weighted by atomic mass is 10.2. The quantitative estimate of drug-likeness (QED) is 0.567. The van der Waals surface area contributed by atoms with Crippen molar-refractivity contribution < 1.29 is 8.42 Å². The van der Waals surface area contributed by atoms with Crippen LogP contribution in [0.15, 0.2) is 64.3 Å². The van der Waals surface area contributed by atoms with Gasteiger partial charge in [0.15, 0.2) is 0 Å². The first-order valence-electron chi connectivity index (χ1n) is 10.5. The minimum absolute atomic E-state index is 0.0349. The second-order valence-electron chi connectivity index (χ2n) is 7.98. The topological polar surface area (TPSA) is 62.6 Å². The van der Waals surface area contributed by atoms with Crippen LogP contribution >= 0.6 is 11.3 Å². The Balaban J connectivity index is 1.43. The van der Waals surface area contributed by atoms with Gasteiger partial charge in [-0.25, -0.2) is 8.42 Å². The molecule has 1 aromatic heterocycles. The summed E-state index contributed by atoms with van der Waals surface area (Å²) < 4.78 is 30.3. The Morgan fingerprint density at radius 3 is 2.42 bits per heavy atom. The normalized spacial score (nSPS) is 16.6. The number of thiazole rings is 1. The predicted molar refractivity (Wildman–Crippen MR) is 127 cm³/mol. The van der Waals surface area contributed by atoms with Crippen molar-refractivity contribution in [2.24, 2.45) is 0 Å². The molecular weight excluding hydrogens is 430 g/mol. The minimum atomic E-state index is -3.58. The van der Waals surface area contributed by atoms with Crippen LogP contribution in [0.1, 0.15) is 25.5 Å². The summed E-state index contributed by atoms with van der Waals surface area (Å²) in [7, 11) is -3.58. The summed E-state index contributed by atoms with van der Waals surface area (Å²) in [5.41, 5.74) is 1.95. The van der Waals surface area contributed by atoms with Crippen molar-refractivity contribution in [2.45, 2.75) is 24.8 Å². The number of hydrogen-bond acceptors (Lipinski definition) is 5. The largest absolute Gasteiger partial charge is 0.308 e. The van der Waals surface area contributed by atoms with Gasteiger partial charge in [0.2, 0.25) is 10.0 Å². The van der Waals surface area contributed by atoms with Crippen molar-refractivity contribution in [3.63, 3.8) is 0 Å². The molecule has 1 aliphatic heterocycles. The average molecular weight is 458 g/mol. The summed E-state index contributed by atoms with van der Waals surface area (Å²) >= 11 is 1.10. The second-order valence-corrected chi connectivity index (χ2v) is 10.9. The molecule has 0 unspecified atom stereocenters. The fourth-order valence-electron chi connectivity index (χ4n) is 3.87. The highest BCUT2D eigenvalue weighted by Crippen LogP contribution is 2.26. The molecule has 1 fully saturated rings. The van der Waals surface area contributed by atoms with E-state index in [1.807, 2.05) is 32.0 Å². The third-order valence-corrected chi connectivity index (χ3v) is 8.36. The van der Waals surface area contributed by atoms with Crippen molar-refractivity contribution in [3.8, 4) is 0 Å². The van der Waals surface area contributed by atoms with E-state index >= 15 is 0 Å². The van der Waals surface area contributed by atoms with Crippen molar-refractivity contribution >= 4 is 37.7 Å². The Kier molecular flexibility index (Phi) is 6.43. The fraction of sp³-hybridized carbons (Fsp3) is 0.348. The summed E-state index contributed by atoms with van der Waals surface area (Å²) in [6.45, 7) is 7.01. The summed E-state index contributed by atoms with van der Waals surface area (Å²) in [5.74, 6) is 0. The lowest BCUT2D eigenvalue weighted by Gasteiger charge is -2.33. The van der Waals surface area contributed by atoms with Crippen molar-refractivity contribution in [3.05, 3.63) is 69.8 Å². The van der Waals surface area contributed by atoms with Crippen LogP contribution in [-0.2, 0) is 10.0 Å². The molecule has 0 spiro atoms.